The molecular weight excluding hydrogens is 355 g/mol. The molecule has 0 bridgehead atoms. The normalized spacial score (nSPS) is 23.8. The first-order chi connectivity index (χ1) is 8.66. The minimum absolute atomic E-state index is 0. The van der Waals surface area contributed by atoms with Gasteiger partial charge in [-0.3, -0.25) is 9.89 Å². The number of ether oxygens (including phenoxy) is 1. The second-order valence-electron chi connectivity index (χ2n) is 5.59. The van der Waals surface area contributed by atoms with Gasteiger partial charge in [0.05, 0.1) is 12.6 Å². The second kappa shape index (κ2) is 7.64. The van der Waals surface area contributed by atoms with Crippen molar-refractivity contribution < 1.29 is 4.74 Å². The smallest absolute Gasteiger partial charge is 0.185 e. The predicted octanol–water partition coefficient (Wildman–Crippen LogP) is 1.30. The van der Waals surface area contributed by atoms with Gasteiger partial charge in [0.25, 0.3) is 0 Å². The molecule has 2 rings (SSSR count). The van der Waals surface area contributed by atoms with Gasteiger partial charge in [-0.05, 0) is 25.7 Å². The van der Waals surface area contributed by atoms with E-state index in [1.807, 2.05) is 7.11 Å². The number of piperidine rings is 1. The Kier molecular flexibility index (Phi) is 6.82. The fourth-order valence-electron chi connectivity index (χ4n) is 3.41. The predicted molar refractivity (Wildman–Crippen MR) is 88.9 cm³/mol. The van der Waals surface area contributed by atoms with Crippen molar-refractivity contribution in [2.45, 2.75) is 50.2 Å². The third-order valence-corrected chi connectivity index (χ3v) is 4.54. The second-order valence-corrected chi connectivity index (χ2v) is 5.59. The van der Waals surface area contributed by atoms with Gasteiger partial charge >= 0.3 is 0 Å². The van der Waals surface area contributed by atoms with Crippen molar-refractivity contribution in [2.24, 2.45) is 16.5 Å². The van der Waals surface area contributed by atoms with Gasteiger partial charge in [0.2, 0.25) is 0 Å². The third-order valence-electron chi connectivity index (χ3n) is 4.54. The van der Waals surface area contributed by atoms with Crippen molar-refractivity contribution >= 4 is 29.9 Å². The molecule has 0 aromatic heterocycles. The van der Waals surface area contributed by atoms with E-state index in [2.05, 4.69) is 9.89 Å². The van der Waals surface area contributed by atoms with Gasteiger partial charge in [0, 0.05) is 25.7 Å². The quantitative estimate of drug-likeness (QED) is 0.437. The average molecular weight is 382 g/mol. The highest BCUT2D eigenvalue weighted by Crippen LogP contribution is 2.37. The van der Waals surface area contributed by atoms with Crippen LogP contribution < -0.4 is 11.5 Å². The number of rotatable bonds is 4. The van der Waals surface area contributed by atoms with Gasteiger partial charge in [-0.15, -0.1) is 24.0 Å². The number of methoxy groups -OCH3 is 1. The van der Waals surface area contributed by atoms with Gasteiger partial charge < -0.3 is 16.2 Å². The van der Waals surface area contributed by atoms with Crippen molar-refractivity contribution in [3.63, 3.8) is 0 Å². The summed E-state index contributed by atoms with van der Waals surface area (Å²) in [5.74, 6) is 0.216. The molecule has 0 radical (unpaired) electrons. The van der Waals surface area contributed by atoms with Crippen molar-refractivity contribution in [1.82, 2.24) is 4.90 Å². The molecule has 0 spiro atoms. The fourth-order valence-corrected chi connectivity index (χ4v) is 3.41. The van der Waals surface area contributed by atoms with Crippen LogP contribution in [0.1, 0.15) is 38.5 Å². The monoisotopic (exact) mass is 382 g/mol. The maximum Gasteiger partial charge on any atom is 0.185 e. The number of aliphatic imine (C=N–C) groups is 1. The van der Waals surface area contributed by atoms with E-state index in [9.17, 15) is 0 Å². The van der Waals surface area contributed by atoms with Crippen LogP contribution in [0, 0.1) is 0 Å². The third kappa shape index (κ3) is 4.19. The van der Waals surface area contributed by atoms with Crippen molar-refractivity contribution in [3.05, 3.63) is 0 Å². The average Bonchev–Trinajstić information content (AvgIpc) is 2.86. The van der Waals surface area contributed by atoms with Crippen LogP contribution in [0.4, 0.5) is 0 Å². The SMILES string of the molecule is COC1CCN(C2(CN=C(N)N)CCCC2)CC1.I. The van der Waals surface area contributed by atoms with E-state index in [1.165, 1.54) is 25.7 Å². The Balaban J connectivity index is 0.00000180. The Morgan fingerprint density at radius 1 is 1.26 bits per heavy atom. The first-order valence-corrected chi connectivity index (χ1v) is 6.99. The van der Waals surface area contributed by atoms with Crippen LogP contribution in [0.25, 0.3) is 0 Å². The summed E-state index contributed by atoms with van der Waals surface area (Å²) in [5, 5.41) is 0. The highest BCUT2D eigenvalue weighted by molar-refractivity contribution is 14.0. The van der Waals surface area contributed by atoms with Crippen molar-refractivity contribution in [2.75, 3.05) is 26.7 Å². The molecule has 6 heteroatoms. The Morgan fingerprint density at radius 3 is 2.32 bits per heavy atom. The van der Waals surface area contributed by atoms with Gasteiger partial charge in [-0.25, -0.2) is 0 Å². The van der Waals surface area contributed by atoms with Crippen LogP contribution in [-0.2, 0) is 4.74 Å². The van der Waals surface area contributed by atoms with E-state index < -0.39 is 0 Å². The first-order valence-electron chi connectivity index (χ1n) is 6.99. The molecule has 1 saturated carbocycles. The van der Waals surface area contributed by atoms with Gasteiger partial charge in [-0.1, -0.05) is 12.8 Å². The van der Waals surface area contributed by atoms with Crippen LogP contribution in [0.3, 0.4) is 0 Å². The number of nitrogens with zero attached hydrogens (tertiary/aromatic N) is 2. The number of halogens is 1. The minimum atomic E-state index is 0. The summed E-state index contributed by atoms with van der Waals surface area (Å²) in [6, 6.07) is 0. The summed E-state index contributed by atoms with van der Waals surface area (Å²) in [7, 11) is 1.81. The summed E-state index contributed by atoms with van der Waals surface area (Å²) < 4.78 is 5.44. The maximum atomic E-state index is 5.49. The number of nitrogens with two attached hydrogens (primary N) is 2. The number of likely N-dealkylation sites (tertiary alicyclic amines) is 1. The molecule has 112 valence electrons. The molecule has 5 nitrogen and oxygen atoms in total. The Labute approximate surface area is 133 Å². The molecule has 0 unspecified atom stereocenters. The number of hydrogen-bond donors (Lipinski definition) is 2. The van der Waals surface area contributed by atoms with Crippen LogP contribution in [0.15, 0.2) is 4.99 Å². The molecule has 1 aliphatic heterocycles. The van der Waals surface area contributed by atoms with Gasteiger partial charge in [0.15, 0.2) is 5.96 Å². The molecule has 0 aromatic carbocycles. The number of guanidine groups is 1. The van der Waals surface area contributed by atoms with Gasteiger partial charge in [0.1, 0.15) is 0 Å². The standard InChI is InChI=1S/C13H26N4O.HI/c1-18-11-4-8-17(9-5-11)13(6-2-3-7-13)10-16-12(14)15;/h11H,2-10H2,1H3,(H4,14,15,16);1H. The van der Waals surface area contributed by atoms with E-state index in [4.69, 9.17) is 16.2 Å². The molecule has 19 heavy (non-hydrogen) atoms. The van der Waals surface area contributed by atoms with Crippen LogP contribution in [0.5, 0.6) is 0 Å². The summed E-state index contributed by atoms with van der Waals surface area (Å²) in [6.07, 6.45) is 7.72. The van der Waals surface area contributed by atoms with Crippen molar-refractivity contribution in [1.29, 1.82) is 0 Å². The molecule has 0 atom stereocenters. The molecular formula is C13H27IN4O. The highest BCUT2D eigenvalue weighted by Gasteiger charge is 2.40. The molecule has 1 saturated heterocycles. The van der Waals surface area contributed by atoms with E-state index in [0.29, 0.717) is 6.10 Å². The lowest BCUT2D eigenvalue weighted by Crippen LogP contribution is -2.53. The van der Waals surface area contributed by atoms with Crippen LogP contribution in [0.2, 0.25) is 0 Å². The summed E-state index contributed by atoms with van der Waals surface area (Å²) in [6.45, 7) is 2.98. The molecule has 4 N–H and O–H groups in total. The summed E-state index contributed by atoms with van der Waals surface area (Å²) >= 11 is 0. The summed E-state index contributed by atoms with van der Waals surface area (Å²) in [4.78, 5) is 6.89. The molecule has 1 aliphatic carbocycles. The van der Waals surface area contributed by atoms with E-state index in [-0.39, 0.29) is 35.5 Å². The Morgan fingerprint density at radius 2 is 1.84 bits per heavy atom. The van der Waals surface area contributed by atoms with Crippen LogP contribution >= 0.6 is 24.0 Å². The lowest BCUT2D eigenvalue weighted by molar-refractivity contribution is -0.0000374. The van der Waals surface area contributed by atoms with Crippen molar-refractivity contribution in [3.8, 4) is 0 Å². The lowest BCUT2D eigenvalue weighted by Gasteiger charge is -2.44. The van der Waals surface area contributed by atoms with E-state index in [0.717, 1.165) is 32.5 Å². The Bertz CT molecular complexity index is 293. The first kappa shape index (κ1) is 17.0. The number of hydrogen-bond acceptors (Lipinski definition) is 3. The largest absolute Gasteiger partial charge is 0.381 e. The molecule has 2 fully saturated rings. The Hall–Kier alpha value is -0.0800. The molecule has 2 aliphatic rings. The minimum Gasteiger partial charge on any atom is -0.381 e. The van der Waals surface area contributed by atoms with Crippen LogP contribution in [-0.4, -0.2) is 49.2 Å². The van der Waals surface area contributed by atoms with E-state index in [1.54, 1.807) is 0 Å². The van der Waals surface area contributed by atoms with Gasteiger partial charge in [-0.2, -0.15) is 0 Å². The zero-order valence-corrected chi connectivity index (χ0v) is 14.1. The molecule has 0 aromatic rings. The summed E-state index contributed by atoms with van der Waals surface area (Å²) in [5.41, 5.74) is 11.2. The maximum absolute atomic E-state index is 5.49. The highest BCUT2D eigenvalue weighted by atomic mass is 127. The van der Waals surface area contributed by atoms with E-state index >= 15 is 0 Å². The lowest BCUT2D eigenvalue weighted by atomic mass is 9.91. The topological polar surface area (TPSA) is 76.9 Å². The fraction of sp³-hybridized carbons (Fsp3) is 0.923. The molecule has 1 heterocycles. The zero-order chi connectivity index (χ0) is 13.0. The molecule has 0 amide bonds. The zero-order valence-electron chi connectivity index (χ0n) is 11.8.